The number of aliphatic hydroxyl groups excluding tert-OH is 1. The maximum Gasteiger partial charge on any atom is 0.150 e. The lowest BCUT2D eigenvalue weighted by molar-refractivity contribution is 0.0101. The second kappa shape index (κ2) is 5.77. The van der Waals surface area contributed by atoms with Crippen LogP contribution in [0.1, 0.15) is 66.7 Å². The smallest absolute Gasteiger partial charge is 0.150 e. The van der Waals surface area contributed by atoms with Crippen molar-refractivity contribution < 1.29 is 13.5 Å². The molecule has 2 saturated carbocycles. The van der Waals surface area contributed by atoms with Gasteiger partial charge in [0.25, 0.3) is 0 Å². The van der Waals surface area contributed by atoms with E-state index in [0.717, 1.165) is 32.1 Å². The van der Waals surface area contributed by atoms with E-state index in [-0.39, 0.29) is 22.2 Å². The molecule has 0 saturated heterocycles. The van der Waals surface area contributed by atoms with Gasteiger partial charge in [0.1, 0.15) is 9.84 Å². The van der Waals surface area contributed by atoms with Crippen LogP contribution >= 0.6 is 0 Å². The van der Waals surface area contributed by atoms with Gasteiger partial charge in [0.15, 0.2) is 0 Å². The maximum atomic E-state index is 11.6. The van der Waals surface area contributed by atoms with Gasteiger partial charge >= 0.3 is 0 Å². The number of sulfone groups is 1. The molecule has 0 aromatic rings. The molecule has 130 valence electrons. The van der Waals surface area contributed by atoms with Crippen LogP contribution in [0, 0.1) is 28.6 Å². The summed E-state index contributed by atoms with van der Waals surface area (Å²) in [4.78, 5) is 0. The lowest BCUT2D eigenvalue weighted by Gasteiger charge is -2.46. The van der Waals surface area contributed by atoms with Gasteiger partial charge in [-0.15, -0.1) is 0 Å². The SMILES string of the molecule is CC(C)(C)C1CCC(CC(C)(C)C2CC(S(C)(=O)=O)C2)C1O. The summed E-state index contributed by atoms with van der Waals surface area (Å²) in [5, 5.41) is 10.6. The molecule has 0 aliphatic heterocycles. The molecule has 3 nitrogen and oxygen atoms in total. The second-order valence-electron chi connectivity index (χ2n) is 9.61. The van der Waals surface area contributed by atoms with Crippen molar-refractivity contribution in [1.29, 1.82) is 0 Å². The number of hydrogen-bond acceptors (Lipinski definition) is 3. The van der Waals surface area contributed by atoms with Crippen molar-refractivity contribution in [3.05, 3.63) is 0 Å². The average molecular weight is 331 g/mol. The molecule has 0 radical (unpaired) electrons. The van der Waals surface area contributed by atoms with Crippen molar-refractivity contribution in [1.82, 2.24) is 0 Å². The molecule has 0 amide bonds. The van der Waals surface area contributed by atoms with E-state index >= 15 is 0 Å². The van der Waals surface area contributed by atoms with Crippen LogP contribution < -0.4 is 0 Å². The van der Waals surface area contributed by atoms with Crippen LogP contribution in [0.3, 0.4) is 0 Å². The molecule has 1 N–H and O–H groups in total. The first-order valence-electron chi connectivity index (χ1n) is 8.69. The first kappa shape index (κ1) is 18.3. The lowest BCUT2D eigenvalue weighted by atomic mass is 9.63. The largest absolute Gasteiger partial charge is 0.393 e. The van der Waals surface area contributed by atoms with Crippen molar-refractivity contribution in [3.8, 4) is 0 Å². The molecule has 2 aliphatic carbocycles. The van der Waals surface area contributed by atoms with Gasteiger partial charge in [-0.3, -0.25) is 0 Å². The van der Waals surface area contributed by atoms with Gasteiger partial charge in [0, 0.05) is 6.26 Å². The fourth-order valence-corrected chi connectivity index (χ4v) is 5.79. The van der Waals surface area contributed by atoms with Crippen LogP contribution in [0.15, 0.2) is 0 Å². The summed E-state index contributed by atoms with van der Waals surface area (Å²) >= 11 is 0. The van der Waals surface area contributed by atoms with E-state index in [4.69, 9.17) is 0 Å². The second-order valence-corrected chi connectivity index (χ2v) is 11.9. The van der Waals surface area contributed by atoms with Crippen LogP contribution in [0.2, 0.25) is 0 Å². The molecule has 2 fully saturated rings. The third kappa shape index (κ3) is 3.69. The summed E-state index contributed by atoms with van der Waals surface area (Å²) in [6.45, 7) is 11.2. The Hall–Kier alpha value is -0.0900. The molecule has 22 heavy (non-hydrogen) atoms. The van der Waals surface area contributed by atoms with Gasteiger partial charge in [0.2, 0.25) is 0 Å². The maximum absolute atomic E-state index is 11.6. The fraction of sp³-hybridized carbons (Fsp3) is 1.00. The fourth-order valence-electron chi connectivity index (χ4n) is 4.63. The summed E-state index contributed by atoms with van der Waals surface area (Å²) in [6, 6.07) is 0. The van der Waals surface area contributed by atoms with E-state index in [1.54, 1.807) is 0 Å². The molecule has 3 atom stereocenters. The monoisotopic (exact) mass is 330 g/mol. The molecule has 0 aromatic heterocycles. The van der Waals surface area contributed by atoms with E-state index < -0.39 is 9.84 Å². The standard InChI is InChI=1S/C18H34O3S/c1-17(2,3)15-8-7-12(16(15)19)11-18(4,5)13-9-14(10-13)22(6,20)21/h12-16,19H,7-11H2,1-6H3. The molecule has 3 unspecified atom stereocenters. The molecule has 2 rings (SSSR count). The van der Waals surface area contributed by atoms with Crippen molar-refractivity contribution >= 4 is 9.84 Å². The summed E-state index contributed by atoms with van der Waals surface area (Å²) in [5.41, 5.74) is 0.287. The molecule has 2 aliphatic rings. The zero-order valence-electron chi connectivity index (χ0n) is 15.1. The van der Waals surface area contributed by atoms with Crippen molar-refractivity contribution in [2.45, 2.75) is 78.1 Å². The van der Waals surface area contributed by atoms with E-state index in [0.29, 0.717) is 17.8 Å². The molecule has 4 heteroatoms. The summed E-state index contributed by atoms with van der Waals surface area (Å²) in [7, 11) is -2.87. The molecular formula is C18H34O3S. The predicted molar refractivity (Wildman–Crippen MR) is 91.4 cm³/mol. The first-order chi connectivity index (χ1) is 9.82. The van der Waals surface area contributed by atoms with Gasteiger partial charge in [-0.05, 0) is 60.7 Å². The van der Waals surface area contributed by atoms with Crippen LogP contribution in [0.25, 0.3) is 0 Å². The highest BCUT2D eigenvalue weighted by atomic mass is 32.2. The Balaban J connectivity index is 1.94. The zero-order chi connectivity index (χ0) is 16.9. The quantitative estimate of drug-likeness (QED) is 0.856. The highest BCUT2D eigenvalue weighted by Crippen LogP contribution is 2.51. The summed E-state index contributed by atoms with van der Waals surface area (Å²) < 4.78 is 23.2. The van der Waals surface area contributed by atoms with Gasteiger partial charge in [0.05, 0.1) is 11.4 Å². The summed E-state index contributed by atoms with van der Waals surface area (Å²) in [5.74, 6) is 1.24. The van der Waals surface area contributed by atoms with Crippen LogP contribution in [-0.4, -0.2) is 31.1 Å². The first-order valence-corrected chi connectivity index (χ1v) is 10.6. The molecule has 0 spiro atoms. The minimum Gasteiger partial charge on any atom is -0.393 e. The Morgan fingerprint density at radius 2 is 1.59 bits per heavy atom. The Kier molecular flexibility index (Phi) is 4.78. The topological polar surface area (TPSA) is 54.4 Å². The van der Waals surface area contributed by atoms with Gasteiger partial charge in [-0.1, -0.05) is 34.6 Å². The van der Waals surface area contributed by atoms with Crippen LogP contribution in [0.5, 0.6) is 0 Å². The molecule has 0 aromatic carbocycles. The molecular weight excluding hydrogens is 296 g/mol. The Bertz CT molecular complexity index is 495. The lowest BCUT2D eigenvalue weighted by Crippen LogP contribution is -2.44. The Morgan fingerprint density at radius 1 is 1.05 bits per heavy atom. The van der Waals surface area contributed by atoms with E-state index in [1.165, 1.54) is 6.26 Å². The average Bonchev–Trinajstić information content (AvgIpc) is 2.53. The minimum atomic E-state index is -2.87. The minimum absolute atomic E-state index is 0.125. The van der Waals surface area contributed by atoms with Crippen molar-refractivity contribution in [3.63, 3.8) is 0 Å². The summed E-state index contributed by atoms with van der Waals surface area (Å²) in [6.07, 6.45) is 5.99. The number of rotatable bonds is 4. The highest BCUT2D eigenvalue weighted by molar-refractivity contribution is 7.91. The third-order valence-corrected chi connectivity index (χ3v) is 8.05. The third-order valence-electron chi connectivity index (χ3n) is 6.45. The van der Waals surface area contributed by atoms with Crippen molar-refractivity contribution in [2.75, 3.05) is 6.26 Å². The molecule has 0 heterocycles. The Labute approximate surface area is 136 Å². The zero-order valence-corrected chi connectivity index (χ0v) is 15.9. The number of aliphatic hydroxyl groups is 1. The van der Waals surface area contributed by atoms with Crippen molar-refractivity contribution in [2.24, 2.45) is 28.6 Å². The Morgan fingerprint density at radius 3 is 2.00 bits per heavy atom. The normalized spacial score (nSPS) is 37.1. The number of hydrogen-bond donors (Lipinski definition) is 1. The predicted octanol–water partition coefficient (Wildman–Crippen LogP) is 3.66. The van der Waals surface area contributed by atoms with Crippen LogP contribution in [0.4, 0.5) is 0 Å². The van der Waals surface area contributed by atoms with Gasteiger partial charge in [-0.25, -0.2) is 8.42 Å². The van der Waals surface area contributed by atoms with E-state index in [1.807, 2.05) is 0 Å². The highest BCUT2D eigenvalue weighted by Gasteiger charge is 2.48. The van der Waals surface area contributed by atoms with E-state index in [2.05, 4.69) is 34.6 Å². The van der Waals surface area contributed by atoms with Crippen LogP contribution in [-0.2, 0) is 9.84 Å². The van der Waals surface area contributed by atoms with Gasteiger partial charge < -0.3 is 5.11 Å². The molecule has 0 bridgehead atoms. The van der Waals surface area contributed by atoms with Gasteiger partial charge in [-0.2, -0.15) is 0 Å². The van der Waals surface area contributed by atoms with E-state index in [9.17, 15) is 13.5 Å².